The van der Waals surface area contributed by atoms with Crippen LogP contribution in [0.3, 0.4) is 0 Å². The maximum atomic E-state index is 12.6. The Kier molecular flexibility index (Phi) is 3.89. The number of nitrogens with one attached hydrogen (secondary N) is 1. The number of rotatable bonds is 1. The predicted octanol–water partition coefficient (Wildman–Crippen LogP) is 2.45. The number of hydrogen-bond donors (Lipinski definition) is 1. The standard InChI is InChI=1S/C15H22N2OS/c1-11-10-17(8-7-16-11)15(18)14-9-12-5-3-2-4-6-13(12)19-14/h9,11,16H,2-8,10H2,1H3. The van der Waals surface area contributed by atoms with E-state index in [9.17, 15) is 4.79 Å². The number of carbonyl (C=O) groups excluding carboxylic acids is 1. The topological polar surface area (TPSA) is 32.3 Å². The van der Waals surface area contributed by atoms with E-state index in [-0.39, 0.29) is 5.91 Å². The number of carbonyl (C=O) groups is 1. The van der Waals surface area contributed by atoms with Crippen LogP contribution < -0.4 is 5.32 Å². The van der Waals surface area contributed by atoms with Crippen LogP contribution in [0, 0.1) is 0 Å². The van der Waals surface area contributed by atoms with Crippen molar-refractivity contribution in [3.05, 3.63) is 21.4 Å². The molecular weight excluding hydrogens is 256 g/mol. The molecule has 2 heterocycles. The maximum absolute atomic E-state index is 12.6. The minimum atomic E-state index is 0.242. The summed E-state index contributed by atoms with van der Waals surface area (Å²) < 4.78 is 0. The highest BCUT2D eigenvalue weighted by atomic mass is 32.1. The van der Waals surface area contributed by atoms with E-state index in [1.54, 1.807) is 11.3 Å². The van der Waals surface area contributed by atoms with Crippen molar-refractivity contribution in [3.8, 4) is 0 Å². The monoisotopic (exact) mass is 278 g/mol. The van der Waals surface area contributed by atoms with Gasteiger partial charge in [0, 0.05) is 30.6 Å². The number of piperazine rings is 1. The van der Waals surface area contributed by atoms with E-state index in [1.807, 2.05) is 4.90 Å². The fourth-order valence-corrected chi connectivity index (χ4v) is 4.27. The highest BCUT2D eigenvalue weighted by Gasteiger charge is 2.24. The summed E-state index contributed by atoms with van der Waals surface area (Å²) in [6.45, 7) is 4.73. The molecular formula is C15H22N2OS. The van der Waals surface area contributed by atoms with Crippen LogP contribution in [0.5, 0.6) is 0 Å². The van der Waals surface area contributed by atoms with Gasteiger partial charge in [0.15, 0.2) is 0 Å². The van der Waals surface area contributed by atoms with Gasteiger partial charge < -0.3 is 10.2 Å². The molecule has 1 aromatic rings. The van der Waals surface area contributed by atoms with Gasteiger partial charge in [-0.2, -0.15) is 0 Å². The molecule has 1 aliphatic carbocycles. The average molecular weight is 278 g/mol. The largest absolute Gasteiger partial charge is 0.335 e. The van der Waals surface area contributed by atoms with E-state index < -0.39 is 0 Å². The second-order valence-electron chi connectivity index (χ2n) is 5.73. The van der Waals surface area contributed by atoms with Crippen molar-refractivity contribution < 1.29 is 4.79 Å². The van der Waals surface area contributed by atoms with Crippen LogP contribution in [0.1, 0.15) is 46.3 Å². The zero-order valence-corrected chi connectivity index (χ0v) is 12.4. The highest BCUT2D eigenvalue weighted by Crippen LogP contribution is 2.29. The molecule has 1 aliphatic heterocycles. The molecule has 0 aromatic carbocycles. The second-order valence-corrected chi connectivity index (χ2v) is 6.86. The van der Waals surface area contributed by atoms with Gasteiger partial charge in [-0.1, -0.05) is 6.42 Å². The van der Waals surface area contributed by atoms with Gasteiger partial charge in [0.05, 0.1) is 4.88 Å². The Balaban J connectivity index is 1.76. The van der Waals surface area contributed by atoms with Crippen LogP contribution in [0.4, 0.5) is 0 Å². The quantitative estimate of drug-likeness (QED) is 0.800. The molecule has 0 spiro atoms. The minimum absolute atomic E-state index is 0.242. The Bertz CT molecular complexity index is 445. The molecule has 4 heteroatoms. The van der Waals surface area contributed by atoms with E-state index >= 15 is 0 Å². The van der Waals surface area contributed by atoms with Crippen molar-refractivity contribution in [3.63, 3.8) is 0 Å². The van der Waals surface area contributed by atoms with Gasteiger partial charge in [-0.05, 0) is 44.2 Å². The van der Waals surface area contributed by atoms with Crippen LogP contribution in [-0.2, 0) is 12.8 Å². The lowest BCUT2D eigenvalue weighted by Crippen LogP contribution is -2.51. The van der Waals surface area contributed by atoms with Gasteiger partial charge in [0.2, 0.25) is 0 Å². The first-order chi connectivity index (χ1) is 9.24. The Labute approximate surface area is 119 Å². The number of fused-ring (bicyclic) bond motifs is 1. The zero-order valence-electron chi connectivity index (χ0n) is 11.6. The molecule has 0 bridgehead atoms. The molecule has 1 N–H and O–H groups in total. The van der Waals surface area contributed by atoms with Crippen molar-refractivity contribution in [2.45, 2.75) is 45.1 Å². The molecule has 0 radical (unpaired) electrons. The lowest BCUT2D eigenvalue weighted by molar-refractivity contribution is 0.0714. The molecule has 1 saturated heterocycles. The van der Waals surface area contributed by atoms with Crippen LogP contribution in [0.2, 0.25) is 0 Å². The Morgan fingerprint density at radius 1 is 1.37 bits per heavy atom. The fourth-order valence-electron chi connectivity index (χ4n) is 3.05. The van der Waals surface area contributed by atoms with Gasteiger partial charge >= 0.3 is 0 Å². The summed E-state index contributed by atoms with van der Waals surface area (Å²) in [4.78, 5) is 17.0. The van der Waals surface area contributed by atoms with Crippen molar-refractivity contribution >= 4 is 17.2 Å². The molecule has 19 heavy (non-hydrogen) atoms. The van der Waals surface area contributed by atoms with Crippen molar-refractivity contribution in [1.29, 1.82) is 0 Å². The number of thiophene rings is 1. The first-order valence-electron chi connectivity index (χ1n) is 7.38. The molecule has 3 nitrogen and oxygen atoms in total. The lowest BCUT2D eigenvalue weighted by atomic mass is 10.1. The fraction of sp³-hybridized carbons (Fsp3) is 0.667. The molecule has 0 saturated carbocycles. The first-order valence-corrected chi connectivity index (χ1v) is 8.20. The average Bonchev–Trinajstić information content (AvgIpc) is 2.69. The van der Waals surface area contributed by atoms with Crippen molar-refractivity contribution in [1.82, 2.24) is 10.2 Å². The summed E-state index contributed by atoms with van der Waals surface area (Å²) in [7, 11) is 0. The van der Waals surface area contributed by atoms with Crippen LogP contribution in [0.25, 0.3) is 0 Å². The van der Waals surface area contributed by atoms with Crippen molar-refractivity contribution in [2.75, 3.05) is 19.6 Å². The zero-order chi connectivity index (χ0) is 13.2. The van der Waals surface area contributed by atoms with Gasteiger partial charge in [0.1, 0.15) is 0 Å². The summed E-state index contributed by atoms with van der Waals surface area (Å²) >= 11 is 1.74. The molecule has 1 unspecified atom stereocenters. The third kappa shape index (κ3) is 2.84. The van der Waals surface area contributed by atoms with E-state index in [0.717, 1.165) is 30.9 Å². The number of nitrogens with zero attached hydrogens (tertiary/aromatic N) is 1. The van der Waals surface area contributed by atoms with Gasteiger partial charge in [0.25, 0.3) is 5.91 Å². The van der Waals surface area contributed by atoms with Gasteiger partial charge in [-0.25, -0.2) is 0 Å². The summed E-state index contributed by atoms with van der Waals surface area (Å²) in [5.41, 5.74) is 1.44. The van der Waals surface area contributed by atoms with Crippen LogP contribution in [-0.4, -0.2) is 36.5 Å². The SMILES string of the molecule is CC1CN(C(=O)c2cc3c(s2)CCCCC3)CCN1. The van der Waals surface area contributed by atoms with Gasteiger partial charge in [-0.3, -0.25) is 4.79 Å². The van der Waals surface area contributed by atoms with Crippen LogP contribution >= 0.6 is 11.3 Å². The lowest BCUT2D eigenvalue weighted by Gasteiger charge is -2.31. The smallest absolute Gasteiger partial charge is 0.264 e. The molecule has 2 aliphatic rings. The third-order valence-electron chi connectivity index (χ3n) is 4.11. The van der Waals surface area contributed by atoms with E-state index in [1.165, 1.54) is 36.1 Å². The third-order valence-corrected chi connectivity index (χ3v) is 5.34. The Morgan fingerprint density at radius 2 is 2.21 bits per heavy atom. The Morgan fingerprint density at radius 3 is 3.05 bits per heavy atom. The first kappa shape index (κ1) is 13.1. The van der Waals surface area contributed by atoms with E-state index in [4.69, 9.17) is 0 Å². The summed E-state index contributed by atoms with van der Waals surface area (Å²) in [6, 6.07) is 2.58. The predicted molar refractivity (Wildman–Crippen MR) is 78.9 cm³/mol. The molecule has 1 amide bonds. The number of hydrogen-bond acceptors (Lipinski definition) is 3. The van der Waals surface area contributed by atoms with E-state index in [0.29, 0.717) is 6.04 Å². The molecule has 104 valence electrons. The molecule has 1 aromatic heterocycles. The highest BCUT2D eigenvalue weighted by molar-refractivity contribution is 7.14. The number of aryl methyl sites for hydroxylation is 2. The molecule has 1 atom stereocenters. The number of amides is 1. The van der Waals surface area contributed by atoms with E-state index in [2.05, 4.69) is 18.3 Å². The molecule has 3 rings (SSSR count). The minimum Gasteiger partial charge on any atom is -0.335 e. The van der Waals surface area contributed by atoms with Gasteiger partial charge in [-0.15, -0.1) is 11.3 Å². The summed E-state index contributed by atoms with van der Waals surface area (Å²) in [5, 5.41) is 3.38. The van der Waals surface area contributed by atoms with Crippen molar-refractivity contribution in [2.24, 2.45) is 0 Å². The van der Waals surface area contributed by atoms with Crippen LogP contribution in [0.15, 0.2) is 6.07 Å². The summed E-state index contributed by atoms with van der Waals surface area (Å²) in [6.07, 6.45) is 6.23. The summed E-state index contributed by atoms with van der Waals surface area (Å²) in [5.74, 6) is 0.242. The molecule has 1 fully saturated rings. The normalized spacial score (nSPS) is 23.8. The maximum Gasteiger partial charge on any atom is 0.264 e. The Hall–Kier alpha value is -0.870. The second kappa shape index (κ2) is 5.63.